The van der Waals surface area contributed by atoms with Crippen LogP contribution in [0.4, 0.5) is 0 Å². The smallest absolute Gasteiger partial charge is 0.146 e. The maximum atomic E-state index is 11.4. The molecule has 18 heavy (non-hydrogen) atoms. The predicted octanol–water partition coefficient (Wildman–Crippen LogP) is 2.36. The van der Waals surface area contributed by atoms with Crippen LogP contribution in [-0.4, -0.2) is 20.5 Å². The first-order chi connectivity index (χ1) is 8.69. The maximum Gasteiger partial charge on any atom is 0.146 e. The van der Waals surface area contributed by atoms with Crippen LogP contribution in [0.15, 0.2) is 28.9 Å². The van der Waals surface area contributed by atoms with Gasteiger partial charge in [-0.2, -0.15) is 0 Å². The highest BCUT2D eigenvalue weighted by Crippen LogP contribution is 2.18. The molecule has 0 saturated heterocycles. The third-order valence-corrected chi connectivity index (χ3v) is 3.81. The van der Waals surface area contributed by atoms with Crippen LogP contribution in [-0.2, 0) is 11.4 Å². The highest BCUT2D eigenvalue weighted by Gasteiger charge is 2.26. The van der Waals surface area contributed by atoms with Gasteiger partial charge in [0.05, 0.1) is 17.1 Å². The topological polar surface area (TPSA) is 48.3 Å². The lowest BCUT2D eigenvalue weighted by molar-refractivity contribution is 0.590. The Balaban J connectivity index is 2.11. The molecule has 0 aliphatic carbocycles. The number of nitrogens with zero attached hydrogens (tertiary/aromatic N) is 2. The van der Waals surface area contributed by atoms with Gasteiger partial charge in [-0.25, -0.2) is 0 Å². The molecule has 0 spiro atoms. The summed E-state index contributed by atoms with van der Waals surface area (Å²) in [5.74, 6) is 5.81. The van der Waals surface area contributed by atoms with Gasteiger partial charge in [-0.15, -0.1) is 5.92 Å². The Morgan fingerprint density at radius 1 is 1.44 bits per heavy atom. The Labute approximate surface area is 110 Å². The summed E-state index contributed by atoms with van der Waals surface area (Å²) < 4.78 is 15.5. The highest BCUT2D eigenvalue weighted by molar-refractivity contribution is 7.91. The number of allylic oxidation sites excluding steroid dienone is 1. The Morgan fingerprint density at radius 2 is 2.28 bits per heavy atom. The molecule has 1 aromatic heterocycles. The molecule has 0 bridgehead atoms. The van der Waals surface area contributed by atoms with E-state index in [9.17, 15) is 4.55 Å². The van der Waals surface area contributed by atoms with Gasteiger partial charge >= 0.3 is 0 Å². The Hall–Kier alpha value is -1.57. The van der Waals surface area contributed by atoms with E-state index in [-0.39, 0.29) is 5.25 Å². The Kier molecular flexibility index (Phi) is 4.19. The number of rotatable bonds is 2. The van der Waals surface area contributed by atoms with E-state index < -0.39 is 11.4 Å². The molecule has 4 heteroatoms. The van der Waals surface area contributed by atoms with Crippen molar-refractivity contribution in [3.63, 3.8) is 0 Å². The van der Waals surface area contributed by atoms with Crippen molar-refractivity contribution in [1.29, 1.82) is 0 Å². The van der Waals surface area contributed by atoms with Crippen LogP contribution < -0.4 is 0 Å². The predicted molar refractivity (Wildman–Crippen MR) is 75.5 cm³/mol. The normalized spacial score (nSPS) is 22.7. The molecule has 1 aliphatic heterocycles. The van der Waals surface area contributed by atoms with Gasteiger partial charge in [0.25, 0.3) is 0 Å². The summed E-state index contributed by atoms with van der Waals surface area (Å²) in [6.07, 6.45) is 8.11. The Bertz CT molecular complexity index is 554. The number of hydrogen-bond acceptors (Lipinski definition) is 3. The summed E-state index contributed by atoms with van der Waals surface area (Å²) in [6, 6.07) is 1.97. The molecule has 2 atom stereocenters. The van der Waals surface area contributed by atoms with Crippen LogP contribution in [0.2, 0.25) is 0 Å². The minimum Gasteiger partial charge on any atom is -0.591 e. The summed E-state index contributed by atoms with van der Waals surface area (Å²) in [6.45, 7) is 3.74. The van der Waals surface area contributed by atoms with Crippen LogP contribution in [0.5, 0.6) is 0 Å². The molecule has 1 aromatic rings. The lowest BCUT2D eigenvalue weighted by atomic mass is 10.1. The van der Waals surface area contributed by atoms with Crippen LogP contribution >= 0.6 is 0 Å². The molecule has 2 rings (SSSR count). The molecule has 0 saturated carbocycles. The molecule has 2 heterocycles. The lowest BCUT2D eigenvalue weighted by Gasteiger charge is -2.00. The summed E-state index contributed by atoms with van der Waals surface area (Å²) in [4.78, 5) is 4.12. The maximum absolute atomic E-state index is 11.4. The fraction of sp³-hybridized carbons (Fsp3) is 0.286. The molecular weight excluding hydrogens is 244 g/mol. The van der Waals surface area contributed by atoms with Crippen LogP contribution in [0.1, 0.15) is 31.4 Å². The first kappa shape index (κ1) is 12.9. The van der Waals surface area contributed by atoms with Gasteiger partial charge in [0.2, 0.25) is 0 Å². The summed E-state index contributed by atoms with van der Waals surface area (Å²) in [5.41, 5.74) is 2.75. The second-order valence-corrected chi connectivity index (χ2v) is 5.63. The Morgan fingerprint density at radius 3 is 2.94 bits per heavy atom. The van der Waals surface area contributed by atoms with E-state index in [1.807, 2.05) is 25.1 Å². The zero-order valence-electron chi connectivity index (χ0n) is 10.4. The molecule has 0 fully saturated rings. The van der Waals surface area contributed by atoms with Crippen LogP contribution in [0.3, 0.4) is 0 Å². The molecule has 1 aliphatic rings. The second kappa shape index (κ2) is 5.85. The first-order valence-electron chi connectivity index (χ1n) is 5.73. The van der Waals surface area contributed by atoms with Gasteiger partial charge < -0.3 is 4.55 Å². The van der Waals surface area contributed by atoms with E-state index in [1.54, 1.807) is 19.3 Å². The molecule has 0 amide bonds. The van der Waals surface area contributed by atoms with E-state index in [0.717, 1.165) is 23.3 Å². The van der Waals surface area contributed by atoms with E-state index in [2.05, 4.69) is 21.2 Å². The molecule has 0 N–H and O–H groups in total. The third kappa shape index (κ3) is 3.22. The highest BCUT2D eigenvalue weighted by atomic mass is 32.2. The first-order valence-corrected chi connectivity index (χ1v) is 6.90. The van der Waals surface area contributed by atoms with Gasteiger partial charge in [0.15, 0.2) is 0 Å². The number of pyridine rings is 1. The third-order valence-electron chi connectivity index (χ3n) is 2.54. The molecule has 0 radical (unpaired) electrons. The van der Waals surface area contributed by atoms with Crippen molar-refractivity contribution in [2.24, 2.45) is 4.40 Å². The number of hydrogen-bond donors (Lipinski definition) is 0. The minimum atomic E-state index is -1.06. The SMILES string of the molecule is CC#Cc1cncc(/C=C/C2=N[S+]([O-])C(C)C2)c1. The lowest BCUT2D eigenvalue weighted by Crippen LogP contribution is -2.08. The van der Waals surface area contributed by atoms with Crippen molar-refractivity contribution in [3.8, 4) is 11.8 Å². The van der Waals surface area contributed by atoms with Crippen molar-refractivity contribution < 1.29 is 4.55 Å². The summed E-state index contributed by atoms with van der Waals surface area (Å²) >= 11 is -1.06. The van der Waals surface area contributed by atoms with Crippen molar-refractivity contribution in [2.45, 2.75) is 25.5 Å². The van der Waals surface area contributed by atoms with Gasteiger partial charge in [-0.05, 0) is 31.6 Å². The fourth-order valence-corrected chi connectivity index (χ4v) is 2.52. The molecule has 0 aromatic carbocycles. The van der Waals surface area contributed by atoms with E-state index in [4.69, 9.17) is 0 Å². The van der Waals surface area contributed by atoms with Gasteiger partial charge in [-0.1, -0.05) is 16.4 Å². The molecule has 92 valence electrons. The van der Waals surface area contributed by atoms with E-state index >= 15 is 0 Å². The average Bonchev–Trinajstić information content (AvgIpc) is 2.67. The standard InChI is InChI=1S/C14H14N2OS/c1-3-4-12-8-13(10-15-9-12)5-6-14-7-11(2)18(17)16-14/h5-6,8-11H,7H2,1-2H3/b6-5+. The van der Waals surface area contributed by atoms with Crippen molar-refractivity contribution in [1.82, 2.24) is 4.98 Å². The van der Waals surface area contributed by atoms with Gasteiger partial charge in [-0.3, -0.25) is 4.98 Å². The van der Waals surface area contributed by atoms with Crippen molar-refractivity contribution in [3.05, 3.63) is 35.7 Å². The zero-order chi connectivity index (χ0) is 13.0. The van der Waals surface area contributed by atoms with Crippen LogP contribution in [0, 0.1) is 11.8 Å². The van der Waals surface area contributed by atoms with Crippen molar-refractivity contribution in [2.75, 3.05) is 0 Å². The summed E-state index contributed by atoms with van der Waals surface area (Å²) in [5, 5.41) is 0.125. The molecule has 3 nitrogen and oxygen atoms in total. The van der Waals surface area contributed by atoms with Gasteiger partial charge in [0, 0.05) is 24.4 Å². The fourth-order valence-electron chi connectivity index (χ4n) is 1.66. The quantitative estimate of drug-likeness (QED) is 0.604. The van der Waals surface area contributed by atoms with E-state index in [0.29, 0.717) is 0 Å². The number of aromatic nitrogens is 1. The van der Waals surface area contributed by atoms with E-state index in [1.165, 1.54) is 0 Å². The zero-order valence-corrected chi connectivity index (χ0v) is 11.2. The summed E-state index contributed by atoms with van der Waals surface area (Å²) in [7, 11) is 0. The molecule has 2 unspecified atom stereocenters. The second-order valence-electron chi connectivity index (χ2n) is 4.09. The van der Waals surface area contributed by atoms with Crippen LogP contribution in [0.25, 0.3) is 6.08 Å². The van der Waals surface area contributed by atoms with Crippen molar-refractivity contribution >= 4 is 23.1 Å². The van der Waals surface area contributed by atoms with Gasteiger partial charge in [0.1, 0.15) is 5.25 Å². The molecular formula is C14H14N2OS. The monoisotopic (exact) mass is 258 g/mol. The minimum absolute atomic E-state index is 0.125. The average molecular weight is 258 g/mol. The largest absolute Gasteiger partial charge is 0.591 e.